The van der Waals surface area contributed by atoms with E-state index in [1.807, 2.05) is 37.3 Å². The molecule has 1 aromatic carbocycles. The summed E-state index contributed by atoms with van der Waals surface area (Å²) in [5.41, 5.74) is -2.22. The molecule has 10 heteroatoms. The molecule has 1 atom stereocenters. The minimum Gasteiger partial charge on any atom is -0.462 e. The van der Waals surface area contributed by atoms with E-state index in [4.69, 9.17) is 14.6 Å². The fourth-order valence-corrected chi connectivity index (χ4v) is 5.02. The fraction of sp³-hybridized carbons (Fsp3) is 0.533. The van der Waals surface area contributed by atoms with Crippen LogP contribution in [-0.2, 0) is 32.8 Å². The Labute approximate surface area is 239 Å². The SMILES string of the molecule is CCC(C)O.CCOC(=O)c1sc2c(c1C)c(=O)n(C(C)(C)C(=O)OC(C)(C)C)c(=O)n2CCc1ccccc1. The molecule has 3 aromatic rings. The number of thiophene rings is 1. The van der Waals surface area contributed by atoms with Gasteiger partial charge in [0.15, 0.2) is 0 Å². The van der Waals surface area contributed by atoms with E-state index in [0.29, 0.717) is 16.8 Å². The summed E-state index contributed by atoms with van der Waals surface area (Å²) in [5.74, 6) is -1.25. The number of nitrogens with zero attached hydrogens (tertiary/aromatic N) is 2. The molecule has 3 rings (SSSR count). The van der Waals surface area contributed by atoms with Gasteiger partial charge in [0.25, 0.3) is 5.56 Å². The topological polar surface area (TPSA) is 117 Å². The summed E-state index contributed by atoms with van der Waals surface area (Å²) < 4.78 is 13.1. The van der Waals surface area contributed by atoms with E-state index in [-0.39, 0.29) is 29.5 Å². The van der Waals surface area contributed by atoms with Crippen LogP contribution in [0, 0.1) is 6.92 Å². The van der Waals surface area contributed by atoms with Crippen molar-refractivity contribution in [1.29, 1.82) is 0 Å². The number of hydrogen-bond acceptors (Lipinski definition) is 8. The van der Waals surface area contributed by atoms with Crippen LogP contribution in [0.3, 0.4) is 0 Å². The lowest BCUT2D eigenvalue weighted by Gasteiger charge is -2.30. The predicted molar refractivity (Wildman–Crippen MR) is 158 cm³/mol. The fourth-order valence-electron chi connectivity index (χ4n) is 3.81. The molecule has 220 valence electrons. The second kappa shape index (κ2) is 13.4. The first-order chi connectivity index (χ1) is 18.6. The van der Waals surface area contributed by atoms with E-state index < -0.39 is 34.3 Å². The first-order valence-electron chi connectivity index (χ1n) is 13.5. The first-order valence-corrected chi connectivity index (χ1v) is 14.3. The molecule has 2 heterocycles. The van der Waals surface area contributed by atoms with Crippen molar-refractivity contribution in [2.24, 2.45) is 0 Å². The normalized spacial score (nSPS) is 12.4. The van der Waals surface area contributed by atoms with Crippen LogP contribution in [0.1, 0.15) is 82.6 Å². The van der Waals surface area contributed by atoms with Gasteiger partial charge < -0.3 is 14.6 Å². The molecule has 0 bridgehead atoms. The van der Waals surface area contributed by atoms with Gasteiger partial charge in [-0.1, -0.05) is 37.3 Å². The predicted octanol–water partition coefficient (Wildman–Crippen LogP) is 4.81. The number of aliphatic hydroxyl groups is 1. The van der Waals surface area contributed by atoms with Crippen molar-refractivity contribution < 1.29 is 24.2 Å². The smallest absolute Gasteiger partial charge is 0.348 e. The van der Waals surface area contributed by atoms with E-state index in [1.165, 1.54) is 18.4 Å². The summed E-state index contributed by atoms with van der Waals surface area (Å²) in [6, 6.07) is 9.63. The number of hydrogen-bond donors (Lipinski definition) is 1. The van der Waals surface area contributed by atoms with Crippen molar-refractivity contribution in [2.75, 3.05) is 6.61 Å². The van der Waals surface area contributed by atoms with Crippen LogP contribution >= 0.6 is 11.3 Å². The molecule has 0 fully saturated rings. The van der Waals surface area contributed by atoms with Gasteiger partial charge in [-0.2, -0.15) is 0 Å². The average molecular weight is 575 g/mol. The van der Waals surface area contributed by atoms with Gasteiger partial charge in [-0.15, -0.1) is 11.3 Å². The molecule has 0 amide bonds. The number of esters is 2. The molecule has 2 aromatic heterocycles. The average Bonchev–Trinajstić information content (AvgIpc) is 3.21. The monoisotopic (exact) mass is 574 g/mol. The van der Waals surface area contributed by atoms with Gasteiger partial charge in [0.2, 0.25) is 0 Å². The van der Waals surface area contributed by atoms with Crippen LogP contribution in [0.25, 0.3) is 10.2 Å². The first kappa shape index (κ1) is 33.0. The molecule has 0 radical (unpaired) electrons. The number of benzene rings is 1. The molecule has 0 spiro atoms. The zero-order valence-electron chi connectivity index (χ0n) is 25.0. The second-order valence-electron chi connectivity index (χ2n) is 11.1. The number of carbonyl (C=O) groups is 2. The summed E-state index contributed by atoms with van der Waals surface area (Å²) in [7, 11) is 0. The van der Waals surface area contributed by atoms with Gasteiger partial charge in [-0.25, -0.2) is 19.0 Å². The molecule has 0 saturated carbocycles. The standard InChI is InChI=1S/C26H32N2O6S.C4H10O/c1-8-33-22(30)19-16(2)18-20(29)28(26(6,7)23(31)34-25(3,4)5)24(32)27(21(18)35-19)15-14-17-12-10-9-11-13-17;1-3-4(2)5/h9-13H,8,14-15H2,1-7H3;4-5H,3H2,1-2H3. The number of aliphatic hydroxyl groups excluding tert-OH is 1. The van der Waals surface area contributed by atoms with Gasteiger partial charge in [-0.05, 0) is 79.4 Å². The van der Waals surface area contributed by atoms with E-state index >= 15 is 0 Å². The van der Waals surface area contributed by atoms with E-state index in [0.717, 1.165) is 27.9 Å². The third kappa shape index (κ3) is 7.69. The van der Waals surface area contributed by atoms with Crippen molar-refractivity contribution in [3.8, 4) is 0 Å². The zero-order chi connectivity index (χ0) is 30.4. The maximum atomic E-state index is 13.8. The molecule has 1 unspecified atom stereocenters. The maximum absolute atomic E-state index is 13.8. The van der Waals surface area contributed by atoms with Gasteiger partial charge >= 0.3 is 17.6 Å². The highest BCUT2D eigenvalue weighted by molar-refractivity contribution is 7.20. The van der Waals surface area contributed by atoms with Crippen molar-refractivity contribution in [2.45, 2.75) is 98.9 Å². The third-order valence-electron chi connectivity index (χ3n) is 6.19. The molecule has 9 nitrogen and oxygen atoms in total. The van der Waals surface area contributed by atoms with E-state index in [2.05, 4.69) is 0 Å². The van der Waals surface area contributed by atoms with Crippen molar-refractivity contribution >= 4 is 33.5 Å². The maximum Gasteiger partial charge on any atom is 0.348 e. The molecule has 0 aliphatic heterocycles. The van der Waals surface area contributed by atoms with E-state index in [9.17, 15) is 19.2 Å². The molecular formula is C30H42N2O7S. The highest BCUT2D eigenvalue weighted by atomic mass is 32.1. The molecule has 0 aliphatic carbocycles. The largest absolute Gasteiger partial charge is 0.462 e. The number of fused-ring (bicyclic) bond motifs is 1. The number of ether oxygens (including phenoxy) is 2. The van der Waals surface area contributed by atoms with Gasteiger partial charge in [-0.3, -0.25) is 9.36 Å². The van der Waals surface area contributed by atoms with Crippen LogP contribution in [0.4, 0.5) is 0 Å². The van der Waals surface area contributed by atoms with E-state index in [1.54, 1.807) is 41.5 Å². The van der Waals surface area contributed by atoms with Crippen molar-refractivity contribution in [3.63, 3.8) is 0 Å². The van der Waals surface area contributed by atoms with Crippen LogP contribution in [-0.4, -0.2) is 44.5 Å². The Hall–Kier alpha value is -3.24. The van der Waals surface area contributed by atoms with Crippen LogP contribution in [0.2, 0.25) is 0 Å². The van der Waals surface area contributed by atoms with Crippen molar-refractivity contribution in [1.82, 2.24) is 9.13 Å². The Morgan fingerprint density at radius 1 is 1.05 bits per heavy atom. The lowest BCUT2D eigenvalue weighted by molar-refractivity contribution is -0.164. The van der Waals surface area contributed by atoms with Gasteiger partial charge in [0, 0.05) is 6.54 Å². The lowest BCUT2D eigenvalue weighted by atomic mass is 10.0. The minimum absolute atomic E-state index is 0.116. The Balaban J connectivity index is 0.00000103. The van der Waals surface area contributed by atoms with Crippen LogP contribution in [0.5, 0.6) is 0 Å². The second-order valence-corrected chi connectivity index (χ2v) is 12.1. The molecular weight excluding hydrogens is 532 g/mol. The highest BCUT2D eigenvalue weighted by Gasteiger charge is 2.39. The molecule has 40 heavy (non-hydrogen) atoms. The van der Waals surface area contributed by atoms with Gasteiger partial charge in [0.05, 0.1) is 18.1 Å². The zero-order valence-corrected chi connectivity index (χ0v) is 25.8. The Kier molecular flexibility index (Phi) is 11.1. The summed E-state index contributed by atoms with van der Waals surface area (Å²) >= 11 is 1.06. The molecule has 0 aliphatic rings. The van der Waals surface area contributed by atoms with Crippen LogP contribution in [0.15, 0.2) is 39.9 Å². The minimum atomic E-state index is -1.58. The Morgan fingerprint density at radius 2 is 1.62 bits per heavy atom. The summed E-state index contributed by atoms with van der Waals surface area (Å²) in [4.78, 5) is 53.8. The third-order valence-corrected chi connectivity index (χ3v) is 7.48. The van der Waals surface area contributed by atoms with Crippen molar-refractivity contribution in [3.05, 3.63) is 67.2 Å². The summed E-state index contributed by atoms with van der Waals surface area (Å²) in [5, 5.41) is 8.59. The molecule has 1 N–H and O–H groups in total. The number of rotatable bonds is 8. The lowest BCUT2D eigenvalue weighted by Crippen LogP contribution is -2.54. The number of aromatic nitrogens is 2. The molecule has 0 saturated heterocycles. The van der Waals surface area contributed by atoms with Crippen LogP contribution < -0.4 is 11.2 Å². The summed E-state index contributed by atoms with van der Waals surface area (Å²) in [6.07, 6.45) is 1.27. The quantitative estimate of drug-likeness (QED) is 0.384. The summed E-state index contributed by atoms with van der Waals surface area (Å²) in [6.45, 7) is 15.7. The Morgan fingerprint density at radius 3 is 2.12 bits per heavy atom. The number of aryl methyl sites for hydroxylation is 3. The highest BCUT2D eigenvalue weighted by Crippen LogP contribution is 2.30. The Bertz CT molecular complexity index is 1440. The van der Waals surface area contributed by atoms with Gasteiger partial charge in [0.1, 0.15) is 20.8 Å². The number of carbonyl (C=O) groups excluding carboxylic acids is 2.